The van der Waals surface area contributed by atoms with Crippen LogP contribution < -0.4 is 10.6 Å². The van der Waals surface area contributed by atoms with Crippen LogP contribution >= 0.6 is 24.0 Å². The third kappa shape index (κ3) is 10.7. The fraction of sp³-hybridized carbons (Fsp3) is 0.938. The Hall–Kier alpha value is -0.160. The van der Waals surface area contributed by atoms with Gasteiger partial charge in [0.1, 0.15) is 0 Å². The number of ether oxygens (including phenoxy) is 3. The summed E-state index contributed by atoms with van der Waals surface area (Å²) in [6.07, 6.45) is 3.45. The second-order valence-corrected chi connectivity index (χ2v) is 5.66. The van der Waals surface area contributed by atoms with Gasteiger partial charge in [0.25, 0.3) is 0 Å². The van der Waals surface area contributed by atoms with Crippen molar-refractivity contribution < 1.29 is 14.2 Å². The summed E-state index contributed by atoms with van der Waals surface area (Å²) in [5.74, 6) is 0.862. The first-order valence-corrected chi connectivity index (χ1v) is 8.56. The van der Waals surface area contributed by atoms with Gasteiger partial charge in [0.05, 0.1) is 19.8 Å². The number of hydrogen-bond donors (Lipinski definition) is 2. The first-order valence-electron chi connectivity index (χ1n) is 8.56. The normalized spacial score (nSPS) is 18.5. The van der Waals surface area contributed by atoms with Crippen LogP contribution in [0.15, 0.2) is 4.99 Å². The quantitative estimate of drug-likeness (QED) is 0.196. The zero-order valence-electron chi connectivity index (χ0n) is 15.4. The fourth-order valence-electron chi connectivity index (χ4n) is 2.69. The molecule has 1 fully saturated rings. The van der Waals surface area contributed by atoms with Crippen LogP contribution in [0.25, 0.3) is 0 Å². The summed E-state index contributed by atoms with van der Waals surface area (Å²) < 4.78 is 15.6. The monoisotopic (exact) mass is 458 g/mol. The summed E-state index contributed by atoms with van der Waals surface area (Å²) in [7, 11) is 5.25. The van der Waals surface area contributed by atoms with E-state index in [0.29, 0.717) is 19.3 Å². The van der Waals surface area contributed by atoms with E-state index in [1.54, 1.807) is 14.2 Å². The van der Waals surface area contributed by atoms with Crippen molar-refractivity contribution in [2.24, 2.45) is 4.99 Å². The van der Waals surface area contributed by atoms with E-state index in [4.69, 9.17) is 14.2 Å². The van der Waals surface area contributed by atoms with Crippen LogP contribution in [0.3, 0.4) is 0 Å². The van der Waals surface area contributed by atoms with Crippen LogP contribution in [0, 0.1) is 0 Å². The smallest absolute Gasteiger partial charge is 0.191 e. The SMILES string of the molecule is CN=C(NCCCOCCOC)NCC1CCCN1CCOC.I. The lowest BCUT2D eigenvalue weighted by Crippen LogP contribution is -2.45. The number of likely N-dealkylation sites (tertiary alicyclic amines) is 1. The molecule has 1 aliphatic rings. The highest BCUT2D eigenvalue weighted by Crippen LogP contribution is 2.15. The number of nitrogens with zero attached hydrogens (tertiary/aromatic N) is 2. The summed E-state index contributed by atoms with van der Waals surface area (Å²) in [4.78, 5) is 6.77. The van der Waals surface area contributed by atoms with Crippen molar-refractivity contribution in [2.45, 2.75) is 25.3 Å². The molecular formula is C16H35IN4O3. The van der Waals surface area contributed by atoms with Gasteiger partial charge in [-0.2, -0.15) is 0 Å². The van der Waals surface area contributed by atoms with Gasteiger partial charge in [0, 0.05) is 53.6 Å². The Morgan fingerprint density at radius 3 is 2.62 bits per heavy atom. The maximum absolute atomic E-state index is 5.44. The average Bonchev–Trinajstić information content (AvgIpc) is 3.02. The molecule has 0 aromatic heterocycles. The predicted octanol–water partition coefficient (Wildman–Crippen LogP) is 0.933. The molecule has 0 aromatic carbocycles. The second kappa shape index (κ2) is 16.3. The van der Waals surface area contributed by atoms with Gasteiger partial charge in [0.15, 0.2) is 5.96 Å². The largest absolute Gasteiger partial charge is 0.383 e. The molecule has 24 heavy (non-hydrogen) atoms. The highest BCUT2D eigenvalue weighted by molar-refractivity contribution is 14.0. The maximum atomic E-state index is 5.44. The molecule has 1 rings (SSSR count). The minimum absolute atomic E-state index is 0. The summed E-state index contributed by atoms with van der Waals surface area (Å²) in [5.41, 5.74) is 0. The Morgan fingerprint density at radius 1 is 1.12 bits per heavy atom. The Kier molecular flexibility index (Phi) is 16.2. The van der Waals surface area contributed by atoms with E-state index in [2.05, 4.69) is 20.5 Å². The van der Waals surface area contributed by atoms with E-state index in [9.17, 15) is 0 Å². The molecule has 144 valence electrons. The molecule has 1 unspecified atom stereocenters. The molecule has 2 N–H and O–H groups in total. The number of halogens is 1. The molecule has 0 saturated carbocycles. The molecule has 1 saturated heterocycles. The zero-order chi connectivity index (χ0) is 16.8. The lowest BCUT2D eigenvalue weighted by molar-refractivity contribution is 0.0698. The third-order valence-corrected chi connectivity index (χ3v) is 4.00. The topological polar surface area (TPSA) is 67.4 Å². The number of nitrogens with one attached hydrogen (secondary N) is 2. The summed E-state index contributed by atoms with van der Waals surface area (Å²) in [5, 5.41) is 6.75. The molecule has 0 amide bonds. The average molecular weight is 458 g/mol. The van der Waals surface area contributed by atoms with Crippen LogP contribution in [0.4, 0.5) is 0 Å². The van der Waals surface area contributed by atoms with Gasteiger partial charge in [-0.1, -0.05) is 0 Å². The number of guanidine groups is 1. The summed E-state index contributed by atoms with van der Waals surface area (Å²) in [6.45, 7) is 6.79. The van der Waals surface area contributed by atoms with Crippen molar-refractivity contribution in [1.29, 1.82) is 0 Å². The van der Waals surface area contributed by atoms with E-state index in [1.165, 1.54) is 19.4 Å². The van der Waals surface area contributed by atoms with E-state index in [1.807, 2.05) is 7.05 Å². The second-order valence-electron chi connectivity index (χ2n) is 5.66. The Bertz CT molecular complexity index is 322. The van der Waals surface area contributed by atoms with E-state index >= 15 is 0 Å². The molecule has 1 heterocycles. The van der Waals surface area contributed by atoms with E-state index in [-0.39, 0.29) is 24.0 Å². The van der Waals surface area contributed by atoms with Crippen molar-refractivity contribution in [1.82, 2.24) is 15.5 Å². The molecular weight excluding hydrogens is 423 g/mol. The van der Waals surface area contributed by atoms with E-state index < -0.39 is 0 Å². The molecule has 1 aliphatic heterocycles. The van der Waals surface area contributed by atoms with Gasteiger partial charge in [-0.25, -0.2) is 0 Å². The minimum atomic E-state index is 0. The zero-order valence-corrected chi connectivity index (χ0v) is 17.7. The van der Waals surface area contributed by atoms with Gasteiger partial charge in [0.2, 0.25) is 0 Å². The predicted molar refractivity (Wildman–Crippen MR) is 109 cm³/mol. The number of aliphatic imine (C=N–C) groups is 1. The van der Waals surface area contributed by atoms with Crippen molar-refractivity contribution in [2.75, 3.05) is 73.9 Å². The van der Waals surface area contributed by atoms with Gasteiger partial charge in [-0.05, 0) is 25.8 Å². The molecule has 0 bridgehead atoms. The maximum Gasteiger partial charge on any atom is 0.191 e. The van der Waals surface area contributed by atoms with Crippen molar-refractivity contribution in [3.05, 3.63) is 0 Å². The van der Waals surface area contributed by atoms with Crippen LogP contribution in [-0.4, -0.2) is 90.8 Å². The van der Waals surface area contributed by atoms with Crippen LogP contribution in [0.1, 0.15) is 19.3 Å². The summed E-state index contributed by atoms with van der Waals surface area (Å²) in [6, 6.07) is 0.570. The lowest BCUT2D eigenvalue weighted by atomic mass is 10.2. The first-order chi connectivity index (χ1) is 11.3. The standard InChI is InChI=1S/C16H34N4O3.HI/c1-17-16(18-7-5-10-23-13-12-22-3)19-14-15-6-4-8-20(15)9-11-21-2;/h15H,4-14H2,1-3H3,(H2,17,18,19);1H. The molecule has 8 heteroatoms. The Morgan fingerprint density at radius 2 is 1.92 bits per heavy atom. The first kappa shape index (κ1) is 23.8. The highest BCUT2D eigenvalue weighted by atomic mass is 127. The fourth-order valence-corrected chi connectivity index (χ4v) is 2.69. The van der Waals surface area contributed by atoms with Crippen molar-refractivity contribution in [3.63, 3.8) is 0 Å². The number of hydrogen-bond acceptors (Lipinski definition) is 5. The van der Waals surface area contributed by atoms with Crippen molar-refractivity contribution in [3.8, 4) is 0 Å². The van der Waals surface area contributed by atoms with Gasteiger partial charge >= 0.3 is 0 Å². The molecule has 0 aliphatic carbocycles. The van der Waals surface area contributed by atoms with Crippen molar-refractivity contribution >= 4 is 29.9 Å². The third-order valence-electron chi connectivity index (χ3n) is 4.00. The number of rotatable bonds is 12. The molecule has 0 spiro atoms. The highest BCUT2D eigenvalue weighted by Gasteiger charge is 2.23. The van der Waals surface area contributed by atoms with E-state index in [0.717, 1.165) is 45.2 Å². The summed E-state index contributed by atoms with van der Waals surface area (Å²) >= 11 is 0. The molecule has 0 aromatic rings. The molecule has 7 nitrogen and oxygen atoms in total. The minimum Gasteiger partial charge on any atom is -0.383 e. The lowest BCUT2D eigenvalue weighted by Gasteiger charge is -2.25. The molecule has 0 radical (unpaired) electrons. The Labute approximate surface area is 163 Å². The van der Waals surface area contributed by atoms with Crippen LogP contribution in [-0.2, 0) is 14.2 Å². The van der Waals surface area contributed by atoms with Crippen LogP contribution in [0.2, 0.25) is 0 Å². The van der Waals surface area contributed by atoms with Gasteiger partial charge < -0.3 is 24.8 Å². The number of methoxy groups -OCH3 is 2. The van der Waals surface area contributed by atoms with Gasteiger partial charge in [-0.3, -0.25) is 9.89 Å². The Balaban J connectivity index is 0.00000529. The van der Waals surface area contributed by atoms with Crippen LogP contribution in [0.5, 0.6) is 0 Å². The molecule has 1 atom stereocenters. The van der Waals surface area contributed by atoms with Gasteiger partial charge in [-0.15, -0.1) is 24.0 Å².